The van der Waals surface area contributed by atoms with Crippen molar-refractivity contribution in [3.63, 3.8) is 0 Å². The zero-order valence-electron chi connectivity index (χ0n) is 17.6. The van der Waals surface area contributed by atoms with Crippen LogP contribution in [0.25, 0.3) is 6.08 Å². The van der Waals surface area contributed by atoms with Gasteiger partial charge >= 0.3 is 0 Å². The topological polar surface area (TPSA) is 62.3 Å². The molecule has 3 rings (SSSR count). The Morgan fingerprint density at radius 3 is 2.55 bits per heavy atom. The molecule has 1 atom stereocenters. The number of carbonyl (C=O) groups excluding carboxylic acids is 2. The van der Waals surface area contributed by atoms with Crippen LogP contribution in [-0.4, -0.2) is 16.8 Å². The lowest BCUT2D eigenvalue weighted by Crippen LogP contribution is -2.26. The number of hydrogen-bond acceptors (Lipinski definition) is 4. The highest BCUT2D eigenvalue weighted by Crippen LogP contribution is 2.31. The number of benzene rings is 2. The molecule has 0 saturated heterocycles. The number of para-hydroxylation sites is 1. The first-order valence-corrected chi connectivity index (χ1v) is 10.8. The Kier molecular flexibility index (Phi) is 7.31. The van der Waals surface area contributed by atoms with Crippen molar-refractivity contribution >= 4 is 40.0 Å². The summed E-state index contributed by atoms with van der Waals surface area (Å²) < 4.78 is 14.2. The van der Waals surface area contributed by atoms with Crippen LogP contribution in [0.3, 0.4) is 0 Å². The molecule has 160 valence electrons. The van der Waals surface area contributed by atoms with Crippen LogP contribution >= 0.6 is 11.3 Å². The van der Waals surface area contributed by atoms with Crippen LogP contribution in [0, 0.1) is 12.7 Å². The van der Waals surface area contributed by atoms with Gasteiger partial charge in [0.25, 0.3) is 0 Å². The van der Waals surface area contributed by atoms with Gasteiger partial charge in [0, 0.05) is 18.4 Å². The van der Waals surface area contributed by atoms with Crippen molar-refractivity contribution in [2.45, 2.75) is 33.2 Å². The lowest BCUT2D eigenvalue weighted by molar-refractivity contribution is -0.117. The van der Waals surface area contributed by atoms with Crippen molar-refractivity contribution in [3.05, 3.63) is 82.6 Å². The van der Waals surface area contributed by atoms with E-state index in [2.05, 4.69) is 10.3 Å². The predicted molar refractivity (Wildman–Crippen MR) is 123 cm³/mol. The van der Waals surface area contributed by atoms with Gasteiger partial charge in [-0.05, 0) is 37.1 Å². The fourth-order valence-electron chi connectivity index (χ4n) is 3.10. The molecule has 0 aliphatic rings. The number of thiazole rings is 1. The average Bonchev–Trinajstić information content (AvgIpc) is 3.21. The molecular weight excluding hydrogens is 413 g/mol. The van der Waals surface area contributed by atoms with Gasteiger partial charge in [-0.2, -0.15) is 0 Å². The maximum atomic E-state index is 14.2. The Morgan fingerprint density at radius 2 is 1.90 bits per heavy atom. The number of carbonyl (C=O) groups is 2. The number of aromatic nitrogens is 1. The minimum absolute atomic E-state index is 0.0852. The van der Waals surface area contributed by atoms with E-state index in [1.165, 1.54) is 46.9 Å². The zero-order chi connectivity index (χ0) is 22.4. The zero-order valence-corrected chi connectivity index (χ0v) is 18.4. The average molecular weight is 438 g/mol. The molecule has 0 spiro atoms. The van der Waals surface area contributed by atoms with Crippen LogP contribution in [0.2, 0.25) is 0 Å². The number of rotatable bonds is 7. The molecule has 2 aromatic carbocycles. The van der Waals surface area contributed by atoms with E-state index in [-0.39, 0.29) is 23.5 Å². The molecule has 5 nitrogen and oxygen atoms in total. The molecular formula is C24H24FN3O2S. The van der Waals surface area contributed by atoms with Gasteiger partial charge in [-0.25, -0.2) is 9.37 Å². The van der Waals surface area contributed by atoms with Gasteiger partial charge in [0.1, 0.15) is 5.82 Å². The van der Waals surface area contributed by atoms with E-state index in [1.807, 2.05) is 38.1 Å². The number of halogens is 1. The van der Waals surface area contributed by atoms with Gasteiger partial charge in [-0.1, -0.05) is 48.9 Å². The third kappa shape index (κ3) is 5.64. The summed E-state index contributed by atoms with van der Waals surface area (Å²) in [5.41, 5.74) is 2.87. The van der Waals surface area contributed by atoms with Gasteiger partial charge < -0.3 is 5.32 Å². The molecule has 2 amide bonds. The fourth-order valence-corrected chi connectivity index (χ4v) is 3.94. The number of amides is 2. The van der Waals surface area contributed by atoms with Crippen molar-refractivity contribution in [3.8, 4) is 0 Å². The maximum Gasteiger partial charge on any atom is 0.244 e. The minimum Gasteiger partial charge on any atom is -0.346 e. The normalized spacial score (nSPS) is 12.0. The van der Waals surface area contributed by atoms with Crippen LogP contribution < -0.4 is 10.2 Å². The Bertz CT molecular complexity index is 1090. The highest BCUT2D eigenvalue weighted by Gasteiger charge is 2.20. The standard InChI is InChI=1S/C24H24FN3O2S/c1-4-21(18-11-9-16(2)10-12-18)27-23(30)14-13-19-15-31-24(26-19)28(17(3)29)22-8-6-5-7-20(22)25/h5-15,21H,4H2,1-3H3,(H,27,30)/b14-13+. The number of anilines is 2. The number of hydrogen-bond donors (Lipinski definition) is 1. The molecule has 7 heteroatoms. The van der Waals surface area contributed by atoms with Gasteiger partial charge in [-0.3, -0.25) is 14.5 Å². The monoisotopic (exact) mass is 437 g/mol. The van der Waals surface area contributed by atoms with Crippen molar-refractivity contribution in [2.75, 3.05) is 4.90 Å². The van der Waals surface area contributed by atoms with Crippen LogP contribution in [0.15, 0.2) is 60.0 Å². The van der Waals surface area contributed by atoms with Gasteiger partial charge in [0.2, 0.25) is 11.8 Å². The predicted octanol–water partition coefficient (Wildman–Crippen LogP) is 5.56. The summed E-state index contributed by atoms with van der Waals surface area (Å²) in [5, 5.41) is 5.04. The third-order valence-corrected chi connectivity index (χ3v) is 5.56. The second-order valence-electron chi connectivity index (χ2n) is 7.07. The molecule has 1 N–H and O–H groups in total. The van der Waals surface area contributed by atoms with Crippen LogP contribution in [-0.2, 0) is 9.59 Å². The van der Waals surface area contributed by atoms with Crippen LogP contribution in [0.4, 0.5) is 15.2 Å². The van der Waals surface area contributed by atoms with E-state index < -0.39 is 5.82 Å². The molecule has 0 radical (unpaired) electrons. The van der Waals surface area contributed by atoms with Crippen molar-refractivity contribution in [2.24, 2.45) is 0 Å². The summed E-state index contributed by atoms with van der Waals surface area (Å²) >= 11 is 1.20. The van der Waals surface area contributed by atoms with E-state index in [1.54, 1.807) is 23.6 Å². The fraction of sp³-hybridized carbons (Fsp3) is 0.208. The lowest BCUT2D eigenvalue weighted by atomic mass is 10.0. The molecule has 1 aromatic heterocycles. The number of aryl methyl sites for hydroxylation is 1. The first-order chi connectivity index (χ1) is 14.9. The van der Waals surface area contributed by atoms with Crippen molar-refractivity contribution in [1.82, 2.24) is 10.3 Å². The van der Waals surface area contributed by atoms with Crippen molar-refractivity contribution < 1.29 is 14.0 Å². The summed E-state index contributed by atoms with van der Waals surface area (Å²) in [6.45, 7) is 5.39. The molecule has 31 heavy (non-hydrogen) atoms. The van der Waals surface area contributed by atoms with Gasteiger partial charge in [0.05, 0.1) is 17.4 Å². The highest BCUT2D eigenvalue weighted by atomic mass is 32.1. The Morgan fingerprint density at radius 1 is 1.19 bits per heavy atom. The van der Waals surface area contributed by atoms with Crippen LogP contribution in [0.5, 0.6) is 0 Å². The molecule has 0 saturated carbocycles. The van der Waals surface area contributed by atoms with E-state index in [0.717, 1.165) is 12.0 Å². The third-order valence-electron chi connectivity index (χ3n) is 4.72. The van der Waals surface area contributed by atoms with Crippen molar-refractivity contribution in [1.29, 1.82) is 0 Å². The van der Waals surface area contributed by atoms with Crippen LogP contribution in [0.1, 0.15) is 43.1 Å². The van der Waals surface area contributed by atoms with E-state index in [0.29, 0.717) is 10.8 Å². The molecule has 1 heterocycles. The quantitative estimate of drug-likeness (QED) is 0.493. The lowest BCUT2D eigenvalue weighted by Gasteiger charge is -2.18. The molecule has 3 aromatic rings. The number of nitrogens with one attached hydrogen (secondary N) is 1. The maximum absolute atomic E-state index is 14.2. The number of nitrogens with zero attached hydrogens (tertiary/aromatic N) is 2. The first kappa shape index (κ1) is 22.4. The summed E-state index contributed by atoms with van der Waals surface area (Å²) in [6, 6.07) is 14.0. The molecule has 0 bridgehead atoms. The summed E-state index contributed by atoms with van der Waals surface area (Å²) in [4.78, 5) is 30.1. The van der Waals surface area contributed by atoms with E-state index in [9.17, 15) is 14.0 Å². The Balaban J connectivity index is 1.72. The largest absolute Gasteiger partial charge is 0.346 e. The Hall–Kier alpha value is -3.32. The summed E-state index contributed by atoms with van der Waals surface area (Å²) in [6.07, 6.45) is 3.76. The van der Waals surface area contributed by atoms with Gasteiger partial charge in [-0.15, -0.1) is 11.3 Å². The molecule has 0 fully saturated rings. The second-order valence-corrected chi connectivity index (χ2v) is 7.91. The van der Waals surface area contributed by atoms with Gasteiger partial charge in [0.15, 0.2) is 5.13 Å². The minimum atomic E-state index is -0.508. The summed E-state index contributed by atoms with van der Waals surface area (Å²) in [5.74, 6) is -1.10. The first-order valence-electron chi connectivity index (χ1n) is 9.95. The molecule has 1 unspecified atom stereocenters. The van der Waals surface area contributed by atoms with E-state index >= 15 is 0 Å². The summed E-state index contributed by atoms with van der Waals surface area (Å²) in [7, 11) is 0. The Labute approximate surface area is 185 Å². The molecule has 0 aliphatic carbocycles. The second kappa shape index (κ2) is 10.1. The molecule has 0 aliphatic heterocycles. The SMILES string of the molecule is CCC(NC(=O)/C=C/c1csc(N(C(C)=O)c2ccccc2F)n1)c1ccc(C)cc1. The van der Waals surface area contributed by atoms with E-state index in [4.69, 9.17) is 0 Å². The highest BCUT2D eigenvalue weighted by molar-refractivity contribution is 7.14. The smallest absolute Gasteiger partial charge is 0.244 e.